The summed E-state index contributed by atoms with van der Waals surface area (Å²) in [6.07, 6.45) is 7.25. The minimum Gasteiger partial charge on any atom is -0.506 e. The molecule has 4 N–H and O–H groups in total. The standard InChI is InChI=1S/C25H19FN8O3S/c1-38(36,37)30-9-13-4-14(6-17(26)5-13)21-23-20(2-3-28-21)31-25(32-23)22-19-8-16(11-29-24(19)34-33-22)15-7-18(35)12-27-10-15/h2-8,10-12,30,35H,9H2,1H3,(H,31,32)(H,29,33,34). The summed E-state index contributed by atoms with van der Waals surface area (Å²) >= 11 is 0. The molecule has 1 aromatic carbocycles. The maximum absolute atomic E-state index is 14.5. The predicted molar refractivity (Wildman–Crippen MR) is 139 cm³/mol. The Balaban J connectivity index is 1.43. The van der Waals surface area contributed by atoms with Crippen molar-refractivity contribution in [1.29, 1.82) is 0 Å². The Bertz CT molecular complexity index is 1950. The van der Waals surface area contributed by atoms with Crippen LogP contribution in [0.4, 0.5) is 4.39 Å². The first-order chi connectivity index (χ1) is 18.2. The molecule has 6 rings (SSSR count). The summed E-state index contributed by atoms with van der Waals surface area (Å²) in [6.45, 7) is -0.0608. The van der Waals surface area contributed by atoms with Gasteiger partial charge in [-0.15, -0.1) is 0 Å². The predicted octanol–water partition coefficient (Wildman–Crippen LogP) is 3.52. The zero-order valence-electron chi connectivity index (χ0n) is 19.8. The molecule has 190 valence electrons. The number of fused-ring (bicyclic) bond motifs is 2. The van der Waals surface area contributed by atoms with Crippen molar-refractivity contribution in [3.05, 3.63) is 72.6 Å². The second-order valence-corrected chi connectivity index (χ2v) is 10.5. The van der Waals surface area contributed by atoms with E-state index in [4.69, 9.17) is 4.98 Å². The summed E-state index contributed by atoms with van der Waals surface area (Å²) in [4.78, 5) is 20.9. The van der Waals surface area contributed by atoms with E-state index in [2.05, 4.69) is 34.9 Å². The van der Waals surface area contributed by atoms with Crippen LogP contribution in [0.15, 0.2) is 61.2 Å². The quantitative estimate of drug-likeness (QED) is 0.254. The van der Waals surface area contributed by atoms with Crippen molar-refractivity contribution >= 4 is 32.1 Å². The number of benzene rings is 1. The number of nitrogens with zero attached hydrogens (tertiary/aromatic N) is 5. The molecule has 0 radical (unpaired) electrons. The van der Waals surface area contributed by atoms with E-state index in [1.54, 1.807) is 36.8 Å². The summed E-state index contributed by atoms with van der Waals surface area (Å²) in [5, 5.41) is 17.8. The molecule has 0 unspecified atom stereocenters. The zero-order chi connectivity index (χ0) is 26.4. The Morgan fingerprint density at radius 3 is 2.66 bits per heavy atom. The molecule has 11 nitrogen and oxygen atoms in total. The summed E-state index contributed by atoms with van der Waals surface area (Å²) in [5.74, 6) is -0.0375. The summed E-state index contributed by atoms with van der Waals surface area (Å²) in [7, 11) is -3.45. The van der Waals surface area contributed by atoms with Gasteiger partial charge in [-0.1, -0.05) is 0 Å². The van der Waals surface area contributed by atoms with Gasteiger partial charge in [0.2, 0.25) is 10.0 Å². The van der Waals surface area contributed by atoms with Gasteiger partial charge in [0.1, 0.15) is 22.8 Å². The number of H-pyrrole nitrogens is 2. The maximum Gasteiger partial charge on any atom is 0.209 e. The molecule has 13 heteroatoms. The molecule has 38 heavy (non-hydrogen) atoms. The van der Waals surface area contributed by atoms with Crippen molar-refractivity contribution in [2.45, 2.75) is 6.54 Å². The van der Waals surface area contributed by atoms with Gasteiger partial charge < -0.3 is 10.1 Å². The second-order valence-electron chi connectivity index (χ2n) is 8.71. The average molecular weight is 531 g/mol. The Morgan fingerprint density at radius 2 is 1.84 bits per heavy atom. The third-order valence-corrected chi connectivity index (χ3v) is 6.54. The molecule has 0 spiro atoms. The van der Waals surface area contributed by atoms with E-state index in [0.29, 0.717) is 56.0 Å². The van der Waals surface area contributed by atoms with Crippen LogP contribution < -0.4 is 4.72 Å². The molecule has 0 bridgehead atoms. The number of imidazole rings is 1. The van der Waals surface area contributed by atoms with E-state index in [1.807, 2.05) is 6.07 Å². The van der Waals surface area contributed by atoms with Gasteiger partial charge in [0, 0.05) is 41.8 Å². The molecule has 0 aliphatic heterocycles. The molecule has 0 saturated heterocycles. The Hall–Kier alpha value is -4.75. The lowest BCUT2D eigenvalue weighted by Gasteiger charge is -2.07. The van der Waals surface area contributed by atoms with E-state index >= 15 is 0 Å². The van der Waals surface area contributed by atoms with Crippen LogP contribution in [0, 0.1) is 5.82 Å². The van der Waals surface area contributed by atoms with Gasteiger partial charge in [-0.25, -0.2) is 27.5 Å². The highest BCUT2D eigenvalue weighted by atomic mass is 32.2. The number of hydrogen-bond donors (Lipinski definition) is 4. The molecule has 0 fully saturated rings. The number of aromatic nitrogens is 7. The highest BCUT2D eigenvalue weighted by Crippen LogP contribution is 2.32. The molecule has 0 saturated carbocycles. The van der Waals surface area contributed by atoms with E-state index in [0.717, 1.165) is 11.8 Å². The topological polar surface area (TPSA) is 162 Å². The Labute approximate surface area is 214 Å². The number of sulfonamides is 1. The van der Waals surface area contributed by atoms with Crippen LogP contribution in [0.5, 0.6) is 5.75 Å². The van der Waals surface area contributed by atoms with Crippen LogP contribution in [-0.4, -0.2) is 54.9 Å². The largest absolute Gasteiger partial charge is 0.506 e. The first-order valence-corrected chi connectivity index (χ1v) is 13.2. The van der Waals surface area contributed by atoms with Crippen molar-refractivity contribution in [2.24, 2.45) is 0 Å². The Morgan fingerprint density at radius 1 is 1.00 bits per heavy atom. The lowest BCUT2D eigenvalue weighted by molar-refractivity contribution is 0.473. The first kappa shape index (κ1) is 23.6. The van der Waals surface area contributed by atoms with Crippen molar-refractivity contribution in [2.75, 3.05) is 6.26 Å². The molecular formula is C25H19FN8O3S. The molecule has 0 amide bonds. The average Bonchev–Trinajstić information content (AvgIpc) is 3.50. The van der Waals surface area contributed by atoms with Gasteiger partial charge in [0.15, 0.2) is 11.5 Å². The third-order valence-electron chi connectivity index (χ3n) is 5.87. The van der Waals surface area contributed by atoms with E-state index in [9.17, 15) is 17.9 Å². The van der Waals surface area contributed by atoms with Gasteiger partial charge in [-0.05, 0) is 42.0 Å². The van der Waals surface area contributed by atoms with Crippen LogP contribution in [0.1, 0.15) is 5.56 Å². The van der Waals surface area contributed by atoms with Gasteiger partial charge in [0.25, 0.3) is 0 Å². The van der Waals surface area contributed by atoms with Crippen molar-refractivity contribution in [3.8, 4) is 39.7 Å². The lowest BCUT2D eigenvalue weighted by atomic mass is 10.1. The molecule has 5 aromatic heterocycles. The van der Waals surface area contributed by atoms with Gasteiger partial charge in [0.05, 0.1) is 29.0 Å². The minimum absolute atomic E-state index is 0.0416. The van der Waals surface area contributed by atoms with Crippen LogP contribution >= 0.6 is 0 Å². The normalized spacial score (nSPS) is 11.9. The fraction of sp³-hybridized carbons (Fsp3) is 0.0800. The van der Waals surface area contributed by atoms with Crippen LogP contribution in [-0.2, 0) is 16.6 Å². The smallest absolute Gasteiger partial charge is 0.209 e. The second kappa shape index (κ2) is 8.97. The van der Waals surface area contributed by atoms with E-state index in [-0.39, 0.29) is 12.3 Å². The van der Waals surface area contributed by atoms with E-state index < -0.39 is 15.8 Å². The van der Waals surface area contributed by atoms with Gasteiger partial charge in [-0.2, -0.15) is 5.10 Å². The van der Waals surface area contributed by atoms with Crippen molar-refractivity contribution < 1.29 is 17.9 Å². The lowest BCUT2D eigenvalue weighted by Crippen LogP contribution is -2.21. The van der Waals surface area contributed by atoms with Crippen molar-refractivity contribution in [3.63, 3.8) is 0 Å². The molecule has 0 aliphatic carbocycles. The first-order valence-electron chi connectivity index (χ1n) is 11.3. The number of halogens is 1. The number of hydrogen-bond acceptors (Lipinski definition) is 8. The maximum atomic E-state index is 14.5. The van der Waals surface area contributed by atoms with Gasteiger partial charge in [-0.3, -0.25) is 15.1 Å². The third kappa shape index (κ3) is 4.55. The monoisotopic (exact) mass is 530 g/mol. The van der Waals surface area contributed by atoms with Crippen molar-refractivity contribution in [1.82, 2.24) is 39.8 Å². The van der Waals surface area contributed by atoms with Gasteiger partial charge >= 0.3 is 0 Å². The zero-order valence-corrected chi connectivity index (χ0v) is 20.6. The molecule has 5 heterocycles. The van der Waals surface area contributed by atoms with E-state index in [1.165, 1.54) is 18.3 Å². The fourth-order valence-electron chi connectivity index (χ4n) is 4.19. The highest BCUT2D eigenvalue weighted by Gasteiger charge is 2.18. The number of aromatic hydroxyl groups is 1. The number of nitrogens with one attached hydrogen (secondary N) is 3. The molecular weight excluding hydrogens is 511 g/mol. The minimum atomic E-state index is -3.45. The summed E-state index contributed by atoms with van der Waals surface area (Å²) < 4.78 is 39.8. The fourth-order valence-corrected chi connectivity index (χ4v) is 4.62. The number of pyridine rings is 3. The number of aromatic amines is 2. The Kier molecular flexibility index (Phi) is 5.58. The summed E-state index contributed by atoms with van der Waals surface area (Å²) in [6, 6.07) is 9.47. The molecule has 0 aliphatic rings. The highest BCUT2D eigenvalue weighted by molar-refractivity contribution is 7.88. The van der Waals surface area contributed by atoms with Crippen LogP contribution in [0.2, 0.25) is 0 Å². The SMILES string of the molecule is CS(=O)(=O)NCc1cc(F)cc(-c2nccc3[nH]c(-c4n[nH]c5ncc(-c6cncc(O)c6)cc45)nc23)c1. The molecule has 6 aromatic rings. The molecule has 0 atom stereocenters. The summed E-state index contributed by atoms with van der Waals surface area (Å²) in [5.41, 5.74) is 4.95. The number of rotatable bonds is 6. The van der Waals surface area contributed by atoms with Crippen LogP contribution in [0.25, 0.3) is 56.0 Å². The van der Waals surface area contributed by atoms with Crippen LogP contribution in [0.3, 0.4) is 0 Å².